The number of guanidine groups is 1. The van der Waals surface area contributed by atoms with Gasteiger partial charge in [-0.3, -0.25) is 4.79 Å². The van der Waals surface area contributed by atoms with Gasteiger partial charge in [0, 0.05) is 19.0 Å². The van der Waals surface area contributed by atoms with Gasteiger partial charge in [0.1, 0.15) is 6.54 Å². The molecule has 0 aliphatic heterocycles. The van der Waals surface area contributed by atoms with Crippen LogP contribution in [0.2, 0.25) is 0 Å². The average molecular weight is 527 g/mol. The number of thiazole rings is 1. The number of amides is 1. The average Bonchev–Trinajstić information content (AvgIpc) is 3.03. The summed E-state index contributed by atoms with van der Waals surface area (Å²) < 4.78 is 39.8. The molecule has 0 saturated carbocycles. The molecule has 0 fully saturated rings. The molecule has 1 aromatic carbocycles. The van der Waals surface area contributed by atoms with E-state index in [2.05, 4.69) is 20.6 Å². The standard InChI is InChI=1S/C17H20F3N5OS.HI/c1-4-21-17(25(3)8-11-9-27-10(2)23-11)22-7-14(26)24-13-6-5-12(18)15(19)16(13)20;/h5-6,9H,4,7-8H2,1-3H3,(H,21,22)(H,24,26);1H. The second kappa shape index (κ2) is 11.2. The first-order valence-corrected chi connectivity index (χ1v) is 9.03. The zero-order valence-corrected chi connectivity index (χ0v) is 18.7. The quantitative estimate of drug-likeness (QED) is 0.261. The number of benzene rings is 1. The fraction of sp³-hybridized carbons (Fsp3) is 0.353. The van der Waals surface area contributed by atoms with Gasteiger partial charge in [-0.25, -0.2) is 23.1 Å². The Balaban J connectivity index is 0.00000392. The van der Waals surface area contributed by atoms with Crippen molar-refractivity contribution in [1.82, 2.24) is 15.2 Å². The number of nitrogens with zero attached hydrogens (tertiary/aromatic N) is 3. The van der Waals surface area contributed by atoms with Crippen LogP contribution in [0.5, 0.6) is 0 Å². The van der Waals surface area contributed by atoms with Gasteiger partial charge in [0.2, 0.25) is 5.91 Å². The number of carbonyl (C=O) groups excluding carboxylic acids is 1. The minimum absolute atomic E-state index is 0. The summed E-state index contributed by atoms with van der Waals surface area (Å²) >= 11 is 1.54. The third-order valence-corrected chi connectivity index (χ3v) is 4.27. The topological polar surface area (TPSA) is 69.6 Å². The summed E-state index contributed by atoms with van der Waals surface area (Å²) in [7, 11) is 1.79. The molecule has 2 N–H and O–H groups in total. The normalized spacial score (nSPS) is 11.0. The van der Waals surface area contributed by atoms with Crippen LogP contribution in [0, 0.1) is 24.4 Å². The van der Waals surface area contributed by atoms with Crippen LogP contribution in [0.4, 0.5) is 18.9 Å². The van der Waals surface area contributed by atoms with Gasteiger partial charge in [0.15, 0.2) is 23.4 Å². The molecule has 154 valence electrons. The Hall–Kier alpha value is -1.89. The predicted molar refractivity (Wildman–Crippen MR) is 115 cm³/mol. The van der Waals surface area contributed by atoms with E-state index in [4.69, 9.17) is 0 Å². The summed E-state index contributed by atoms with van der Waals surface area (Å²) in [6, 6.07) is 1.70. The van der Waals surface area contributed by atoms with Gasteiger partial charge in [-0.1, -0.05) is 0 Å². The lowest BCUT2D eigenvalue weighted by Gasteiger charge is -2.21. The summed E-state index contributed by atoms with van der Waals surface area (Å²) in [6.45, 7) is 4.55. The van der Waals surface area contributed by atoms with E-state index in [1.54, 1.807) is 11.9 Å². The number of carbonyl (C=O) groups is 1. The first-order valence-electron chi connectivity index (χ1n) is 8.15. The molecule has 0 unspecified atom stereocenters. The van der Waals surface area contributed by atoms with Gasteiger partial charge >= 0.3 is 0 Å². The van der Waals surface area contributed by atoms with E-state index in [-0.39, 0.29) is 30.5 Å². The number of aromatic nitrogens is 1. The first-order chi connectivity index (χ1) is 12.8. The predicted octanol–water partition coefficient (Wildman–Crippen LogP) is 3.52. The lowest BCUT2D eigenvalue weighted by Crippen LogP contribution is -2.39. The van der Waals surface area contributed by atoms with Crippen LogP contribution in [0.3, 0.4) is 0 Å². The van der Waals surface area contributed by atoms with E-state index >= 15 is 0 Å². The van der Waals surface area contributed by atoms with Crippen molar-refractivity contribution in [2.75, 3.05) is 25.5 Å². The monoisotopic (exact) mass is 527 g/mol. The summed E-state index contributed by atoms with van der Waals surface area (Å²) in [5.41, 5.74) is 0.435. The highest BCUT2D eigenvalue weighted by molar-refractivity contribution is 14.0. The third-order valence-electron chi connectivity index (χ3n) is 3.44. The van der Waals surface area contributed by atoms with Gasteiger partial charge in [-0.15, -0.1) is 35.3 Å². The number of hydrogen-bond acceptors (Lipinski definition) is 4. The SMILES string of the molecule is CCNC(=NCC(=O)Nc1ccc(F)c(F)c1F)N(C)Cc1csc(C)n1.I. The van der Waals surface area contributed by atoms with Crippen LogP contribution in [0.15, 0.2) is 22.5 Å². The smallest absolute Gasteiger partial charge is 0.246 e. The number of aliphatic imine (C=N–C) groups is 1. The van der Waals surface area contributed by atoms with Crippen molar-refractivity contribution in [2.24, 2.45) is 4.99 Å². The van der Waals surface area contributed by atoms with E-state index < -0.39 is 29.0 Å². The summed E-state index contributed by atoms with van der Waals surface area (Å²) in [5, 5.41) is 8.12. The Morgan fingerprint density at radius 3 is 2.61 bits per heavy atom. The molecule has 1 heterocycles. The Morgan fingerprint density at radius 2 is 2.00 bits per heavy atom. The molecule has 2 rings (SSSR count). The molecule has 0 spiro atoms. The lowest BCUT2D eigenvalue weighted by molar-refractivity contribution is -0.114. The zero-order valence-electron chi connectivity index (χ0n) is 15.6. The fourth-order valence-corrected chi connectivity index (χ4v) is 2.83. The number of nitrogens with one attached hydrogen (secondary N) is 2. The molecule has 0 saturated heterocycles. The van der Waals surface area contributed by atoms with Crippen molar-refractivity contribution in [1.29, 1.82) is 0 Å². The van der Waals surface area contributed by atoms with Crippen LogP contribution >= 0.6 is 35.3 Å². The van der Waals surface area contributed by atoms with E-state index in [1.807, 2.05) is 19.2 Å². The highest BCUT2D eigenvalue weighted by atomic mass is 127. The minimum atomic E-state index is -1.64. The molecule has 1 aromatic heterocycles. The molecule has 0 atom stereocenters. The molecule has 0 aliphatic carbocycles. The molecular weight excluding hydrogens is 506 g/mol. The largest absolute Gasteiger partial charge is 0.357 e. The Labute approximate surface area is 182 Å². The van der Waals surface area contributed by atoms with Gasteiger partial charge in [0.25, 0.3) is 0 Å². The van der Waals surface area contributed by atoms with Crippen molar-refractivity contribution >= 4 is 52.9 Å². The van der Waals surface area contributed by atoms with Crippen molar-refractivity contribution in [3.8, 4) is 0 Å². The van der Waals surface area contributed by atoms with E-state index in [0.29, 0.717) is 19.0 Å². The molecule has 2 aromatic rings. The van der Waals surface area contributed by atoms with Crippen molar-refractivity contribution in [3.05, 3.63) is 45.7 Å². The lowest BCUT2D eigenvalue weighted by atomic mass is 10.3. The van der Waals surface area contributed by atoms with Crippen molar-refractivity contribution in [2.45, 2.75) is 20.4 Å². The fourth-order valence-electron chi connectivity index (χ4n) is 2.23. The molecular formula is C17H21F3IN5OS. The Kier molecular flexibility index (Phi) is 9.65. The summed E-state index contributed by atoms with van der Waals surface area (Å²) in [4.78, 5) is 22.4. The molecule has 0 bridgehead atoms. The van der Waals surface area contributed by atoms with Gasteiger partial charge in [-0.05, 0) is 26.0 Å². The molecule has 0 radical (unpaired) electrons. The molecule has 6 nitrogen and oxygen atoms in total. The third kappa shape index (κ3) is 6.62. The zero-order chi connectivity index (χ0) is 20.0. The van der Waals surface area contributed by atoms with Gasteiger partial charge in [-0.2, -0.15) is 0 Å². The van der Waals surface area contributed by atoms with Gasteiger partial charge < -0.3 is 15.5 Å². The van der Waals surface area contributed by atoms with Crippen LogP contribution in [-0.4, -0.2) is 41.9 Å². The van der Waals surface area contributed by atoms with Gasteiger partial charge in [0.05, 0.1) is 22.9 Å². The molecule has 28 heavy (non-hydrogen) atoms. The van der Waals surface area contributed by atoms with Crippen LogP contribution in [0.1, 0.15) is 17.6 Å². The van der Waals surface area contributed by atoms with E-state index in [1.165, 1.54) is 11.3 Å². The van der Waals surface area contributed by atoms with Crippen molar-refractivity contribution in [3.63, 3.8) is 0 Å². The summed E-state index contributed by atoms with van der Waals surface area (Å²) in [6.07, 6.45) is 0. The number of anilines is 1. The second-order valence-electron chi connectivity index (χ2n) is 5.66. The van der Waals surface area contributed by atoms with Crippen LogP contribution < -0.4 is 10.6 Å². The number of hydrogen-bond donors (Lipinski definition) is 2. The number of aryl methyl sites for hydroxylation is 1. The Bertz CT molecular complexity index is 846. The molecule has 1 amide bonds. The maximum Gasteiger partial charge on any atom is 0.246 e. The van der Waals surface area contributed by atoms with E-state index in [9.17, 15) is 18.0 Å². The maximum atomic E-state index is 13.6. The molecule has 0 aliphatic rings. The summed E-state index contributed by atoms with van der Waals surface area (Å²) in [5.74, 6) is -4.60. The maximum absolute atomic E-state index is 13.6. The van der Waals surface area contributed by atoms with Crippen molar-refractivity contribution < 1.29 is 18.0 Å². The minimum Gasteiger partial charge on any atom is -0.357 e. The highest BCUT2D eigenvalue weighted by Crippen LogP contribution is 2.19. The van der Waals surface area contributed by atoms with Crippen LogP contribution in [0.25, 0.3) is 0 Å². The Morgan fingerprint density at radius 1 is 1.29 bits per heavy atom. The number of halogens is 4. The van der Waals surface area contributed by atoms with Crippen LogP contribution in [-0.2, 0) is 11.3 Å². The highest BCUT2D eigenvalue weighted by Gasteiger charge is 2.15. The number of rotatable bonds is 6. The molecule has 11 heteroatoms. The second-order valence-corrected chi connectivity index (χ2v) is 6.72. The van der Waals surface area contributed by atoms with E-state index in [0.717, 1.165) is 22.8 Å². The first kappa shape index (κ1) is 24.1.